The lowest BCUT2D eigenvalue weighted by molar-refractivity contribution is 0.0961. The summed E-state index contributed by atoms with van der Waals surface area (Å²) < 4.78 is 0. The molecular formula is C8H5N3O. The van der Waals surface area contributed by atoms with Crippen molar-refractivity contribution in [2.45, 2.75) is 6.54 Å². The maximum atomic E-state index is 11.1. The Bertz CT molecular complexity index is 392. The molecule has 0 saturated heterocycles. The summed E-state index contributed by atoms with van der Waals surface area (Å²) in [4.78, 5) is 14.9. The zero-order valence-electron chi connectivity index (χ0n) is 6.16. The minimum Gasteiger partial charge on any atom is -0.347 e. The molecule has 1 amide bonds. The highest BCUT2D eigenvalue weighted by Crippen LogP contribution is 2.12. The Kier molecular flexibility index (Phi) is 1.31. The molecule has 4 nitrogen and oxygen atoms in total. The van der Waals surface area contributed by atoms with Crippen molar-refractivity contribution in [1.82, 2.24) is 10.3 Å². The van der Waals surface area contributed by atoms with E-state index in [0.29, 0.717) is 12.2 Å². The molecule has 0 saturated carbocycles. The Morgan fingerprint density at radius 3 is 3.17 bits per heavy atom. The molecule has 0 radical (unpaired) electrons. The Morgan fingerprint density at radius 2 is 2.42 bits per heavy atom. The van der Waals surface area contributed by atoms with Crippen molar-refractivity contribution >= 4 is 5.91 Å². The molecule has 4 heteroatoms. The average Bonchev–Trinajstić information content (AvgIpc) is 2.47. The summed E-state index contributed by atoms with van der Waals surface area (Å²) in [6.07, 6.45) is 0. The van der Waals surface area contributed by atoms with Gasteiger partial charge >= 0.3 is 0 Å². The van der Waals surface area contributed by atoms with Gasteiger partial charge in [-0.3, -0.25) is 4.79 Å². The molecule has 1 aliphatic rings. The van der Waals surface area contributed by atoms with Gasteiger partial charge in [-0.25, -0.2) is 4.98 Å². The number of nitrogens with one attached hydrogen (secondary N) is 1. The van der Waals surface area contributed by atoms with E-state index in [0.717, 1.165) is 5.56 Å². The normalized spacial score (nSPS) is 13.4. The van der Waals surface area contributed by atoms with Gasteiger partial charge in [0.05, 0.1) is 0 Å². The molecule has 2 rings (SSSR count). The number of carbonyl (C=O) groups is 1. The molecule has 1 N–H and O–H groups in total. The number of pyridine rings is 1. The maximum Gasteiger partial charge on any atom is 0.270 e. The molecule has 0 spiro atoms. The summed E-state index contributed by atoms with van der Waals surface area (Å²) in [6.45, 7) is 0.521. The number of nitrogens with zero attached hydrogens (tertiary/aromatic N) is 2. The first kappa shape index (κ1) is 6.80. The standard InChI is InChI=1S/C8H5N3O/c9-3-6-2-1-5-4-10-8(12)7(5)11-6/h1-2H,4H2,(H,10,12). The number of hydrogen-bond donors (Lipinski definition) is 1. The zero-order valence-corrected chi connectivity index (χ0v) is 6.16. The second-order valence-corrected chi connectivity index (χ2v) is 2.50. The summed E-state index contributed by atoms with van der Waals surface area (Å²) in [7, 11) is 0. The molecule has 1 aromatic rings. The van der Waals surface area contributed by atoms with Crippen LogP contribution in [0.25, 0.3) is 0 Å². The van der Waals surface area contributed by atoms with Crippen LogP contribution in [0, 0.1) is 11.3 Å². The van der Waals surface area contributed by atoms with Crippen molar-refractivity contribution in [1.29, 1.82) is 5.26 Å². The monoisotopic (exact) mass is 159 g/mol. The first-order valence-electron chi connectivity index (χ1n) is 3.49. The first-order chi connectivity index (χ1) is 5.81. The Balaban J connectivity index is 2.59. The van der Waals surface area contributed by atoms with Crippen LogP contribution in [-0.4, -0.2) is 10.9 Å². The third-order valence-corrected chi connectivity index (χ3v) is 1.75. The van der Waals surface area contributed by atoms with E-state index in [-0.39, 0.29) is 11.6 Å². The Morgan fingerprint density at radius 1 is 1.58 bits per heavy atom. The van der Waals surface area contributed by atoms with Crippen LogP contribution < -0.4 is 5.32 Å². The van der Waals surface area contributed by atoms with Crippen LogP contribution >= 0.6 is 0 Å². The van der Waals surface area contributed by atoms with Gasteiger partial charge in [0.2, 0.25) is 0 Å². The number of rotatable bonds is 0. The molecule has 58 valence electrons. The average molecular weight is 159 g/mol. The molecule has 0 bridgehead atoms. The van der Waals surface area contributed by atoms with E-state index in [1.165, 1.54) is 0 Å². The van der Waals surface area contributed by atoms with Crippen molar-refractivity contribution < 1.29 is 4.79 Å². The van der Waals surface area contributed by atoms with Gasteiger partial charge in [0.15, 0.2) is 0 Å². The van der Waals surface area contributed by atoms with Crippen molar-refractivity contribution in [2.75, 3.05) is 0 Å². The fraction of sp³-hybridized carbons (Fsp3) is 0.125. The number of fused-ring (bicyclic) bond motifs is 1. The van der Waals surface area contributed by atoms with Gasteiger partial charge in [0, 0.05) is 12.1 Å². The lowest BCUT2D eigenvalue weighted by atomic mass is 10.2. The van der Waals surface area contributed by atoms with Gasteiger partial charge < -0.3 is 5.32 Å². The Hall–Kier alpha value is -1.89. The maximum absolute atomic E-state index is 11.1. The molecule has 12 heavy (non-hydrogen) atoms. The highest BCUT2D eigenvalue weighted by Gasteiger charge is 2.20. The zero-order chi connectivity index (χ0) is 8.55. The highest BCUT2D eigenvalue weighted by atomic mass is 16.2. The number of aromatic nitrogens is 1. The fourth-order valence-corrected chi connectivity index (χ4v) is 1.15. The van der Waals surface area contributed by atoms with Crippen LogP contribution in [0.3, 0.4) is 0 Å². The van der Waals surface area contributed by atoms with Gasteiger partial charge in [-0.05, 0) is 6.07 Å². The minimum absolute atomic E-state index is 0.192. The van der Waals surface area contributed by atoms with Crippen LogP contribution in [0.4, 0.5) is 0 Å². The topological polar surface area (TPSA) is 65.8 Å². The van der Waals surface area contributed by atoms with Crippen LogP contribution in [0.2, 0.25) is 0 Å². The molecular weight excluding hydrogens is 154 g/mol. The van der Waals surface area contributed by atoms with Gasteiger partial charge in [-0.1, -0.05) is 6.07 Å². The highest BCUT2D eigenvalue weighted by molar-refractivity contribution is 5.96. The second kappa shape index (κ2) is 2.31. The predicted octanol–water partition coefficient (Wildman–Crippen LogP) is 0.197. The van der Waals surface area contributed by atoms with Gasteiger partial charge in [-0.15, -0.1) is 0 Å². The third-order valence-electron chi connectivity index (χ3n) is 1.75. The molecule has 1 aliphatic heterocycles. The van der Waals surface area contributed by atoms with E-state index in [2.05, 4.69) is 10.3 Å². The summed E-state index contributed by atoms with van der Waals surface area (Å²) in [5.74, 6) is -0.192. The van der Waals surface area contributed by atoms with E-state index in [1.807, 2.05) is 6.07 Å². The largest absolute Gasteiger partial charge is 0.347 e. The van der Waals surface area contributed by atoms with E-state index >= 15 is 0 Å². The van der Waals surface area contributed by atoms with Crippen LogP contribution in [-0.2, 0) is 6.54 Å². The second-order valence-electron chi connectivity index (χ2n) is 2.50. The third kappa shape index (κ3) is 0.839. The summed E-state index contributed by atoms with van der Waals surface area (Å²) >= 11 is 0. The summed E-state index contributed by atoms with van der Waals surface area (Å²) in [5.41, 5.74) is 1.53. The molecule has 0 unspecified atom stereocenters. The Labute approximate surface area is 68.8 Å². The smallest absolute Gasteiger partial charge is 0.270 e. The molecule has 0 aliphatic carbocycles. The molecule has 2 heterocycles. The molecule has 0 aromatic carbocycles. The number of amides is 1. The minimum atomic E-state index is -0.192. The van der Waals surface area contributed by atoms with E-state index in [4.69, 9.17) is 5.26 Å². The number of hydrogen-bond acceptors (Lipinski definition) is 3. The SMILES string of the molecule is N#Cc1ccc2c(n1)C(=O)NC2. The van der Waals surface area contributed by atoms with Gasteiger partial charge in [0.25, 0.3) is 5.91 Å². The number of carbonyl (C=O) groups excluding carboxylic acids is 1. The first-order valence-corrected chi connectivity index (χ1v) is 3.49. The van der Waals surface area contributed by atoms with Crippen LogP contribution in [0.15, 0.2) is 12.1 Å². The number of nitriles is 1. The van der Waals surface area contributed by atoms with Gasteiger partial charge in [0.1, 0.15) is 17.5 Å². The summed E-state index contributed by atoms with van der Waals surface area (Å²) in [5, 5.41) is 11.1. The lowest BCUT2D eigenvalue weighted by Gasteiger charge is -1.92. The molecule has 0 atom stereocenters. The van der Waals surface area contributed by atoms with Gasteiger partial charge in [-0.2, -0.15) is 5.26 Å². The molecule has 1 aromatic heterocycles. The molecule has 0 fully saturated rings. The van der Waals surface area contributed by atoms with Crippen molar-refractivity contribution in [3.63, 3.8) is 0 Å². The predicted molar refractivity (Wildman–Crippen MR) is 40.1 cm³/mol. The quantitative estimate of drug-likeness (QED) is 0.587. The van der Waals surface area contributed by atoms with Crippen molar-refractivity contribution in [2.24, 2.45) is 0 Å². The van der Waals surface area contributed by atoms with Crippen molar-refractivity contribution in [3.05, 3.63) is 29.1 Å². The lowest BCUT2D eigenvalue weighted by Crippen LogP contribution is -2.13. The van der Waals surface area contributed by atoms with E-state index in [1.54, 1.807) is 12.1 Å². The van der Waals surface area contributed by atoms with E-state index < -0.39 is 0 Å². The van der Waals surface area contributed by atoms with Crippen molar-refractivity contribution in [3.8, 4) is 6.07 Å². The fourth-order valence-electron chi connectivity index (χ4n) is 1.15. The van der Waals surface area contributed by atoms with E-state index in [9.17, 15) is 4.79 Å². The van der Waals surface area contributed by atoms with Crippen LogP contribution in [0.1, 0.15) is 21.7 Å². The summed E-state index contributed by atoms with van der Waals surface area (Å²) in [6, 6.07) is 5.25. The van der Waals surface area contributed by atoms with Crippen LogP contribution in [0.5, 0.6) is 0 Å².